The Labute approximate surface area is 88.9 Å². The van der Waals surface area contributed by atoms with Crippen LogP contribution in [0.25, 0.3) is 0 Å². The SMILES string of the molecule is CC(C)(NC(=O)CC#N)c1ccncc1. The van der Waals surface area contributed by atoms with Crippen LogP contribution < -0.4 is 5.32 Å². The van der Waals surface area contributed by atoms with Gasteiger partial charge >= 0.3 is 0 Å². The third-order valence-corrected chi connectivity index (χ3v) is 2.09. The first kappa shape index (κ1) is 11.2. The van der Waals surface area contributed by atoms with Crippen LogP contribution in [-0.4, -0.2) is 10.9 Å². The van der Waals surface area contributed by atoms with Gasteiger partial charge in [-0.15, -0.1) is 0 Å². The van der Waals surface area contributed by atoms with E-state index in [4.69, 9.17) is 5.26 Å². The zero-order chi connectivity index (χ0) is 11.3. The number of hydrogen-bond acceptors (Lipinski definition) is 3. The van der Waals surface area contributed by atoms with E-state index in [2.05, 4.69) is 10.3 Å². The van der Waals surface area contributed by atoms with Gasteiger partial charge in [0.05, 0.1) is 11.6 Å². The lowest BCUT2D eigenvalue weighted by atomic mass is 9.95. The van der Waals surface area contributed by atoms with E-state index < -0.39 is 5.54 Å². The summed E-state index contributed by atoms with van der Waals surface area (Å²) in [6.45, 7) is 3.77. The molecule has 0 saturated carbocycles. The van der Waals surface area contributed by atoms with Crippen molar-refractivity contribution in [1.29, 1.82) is 5.26 Å². The fourth-order valence-corrected chi connectivity index (χ4v) is 1.31. The van der Waals surface area contributed by atoms with Crippen molar-refractivity contribution in [3.05, 3.63) is 30.1 Å². The summed E-state index contributed by atoms with van der Waals surface area (Å²) in [6, 6.07) is 5.50. The second-order valence-corrected chi connectivity index (χ2v) is 3.74. The Morgan fingerprint density at radius 2 is 2.13 bits per heavy atom. The quantitative estimate of drug-likeness (QED) is 0.806. The average Bonchev–Trinajstić information content (AvgIpc) is 2.18. The summed E-state index contributed by atoms with van der Waals surface area (Å²) in [5.41, 5.74) is 0.487. The van der Waals surface area contributed by atoms with Crippen molar-refractivity contribution in [3.63, 3.8) is 0 Å². The van der Waals surface area contributed by atoms with Crippen molar-refractivity contribution in [2.45, 2.75) is 25.8 Å². The second-order valence-electron chi connectivity index (χ2n) is 3.74. The maximum absolute atomic E-state index is 11.3. The number of nitrogens with zero attached hydrogens (tertiary/aromatic N) is 2. The van der Waals surface area contributed by atoms with E-state index in [1.165, 1.54) is 0 Å². The number of rotatable bonds is 3. The molecule has 1 amide bonds. The Morgan fingerprint density at radius 3 is 2.67 bits per heavy atom. The predicted octanol–water partition coefficient (Wildman–Crippen LogP) is 1.35. The van der Waals surface area contributed by atoms with Gasteiger partial charge in [-0.1, -0.05) is 0 Å². The van der Waals surface area contributed by atoms with E-state index >= 15 is 0 Å². The van der Waals surface area contributed by atoms with E-state index in [0.717, 1.165) is 5.56 Å². The van der Waals surface area contributed by atoms with Crippen molar-refractivity contribution < 1.29 is 4.79 Å². The van der Waals surface area contributed by atoms with Gasteiger partial charge in [-0.3, -0.25) is 9.78 Å². The van der Waals surface area contributed by atoms with Crippen LogP contribution in [0, 0.1) is 11.3 Å². The maximum Gasteiger partial charge on any atom is 0.234 e. The number of hydrogen-bond donors (Lipinski definition) is 1. The van der Waals surface area contributed by atoms with Gasteiger partial charge in [-0.25, -0.2) is 0 Å². The smallest absolute Gasteiger partial charge is 0.234 e. The fourth-order valence-electron chi connectivity index (χ4n) is 1.31. The number of nitrogens with one attached hydrogen (secondary N) is 1. The molecule has 0 atom stereocenters. The van der Waals surface area contributed by atoms with Crippen molar-refractivity contribution in [1.82, 2.24) is 10.3 Å². The zero-order valence-electron chi connectivity index (χ0n) is 8.82. The number of nitriles is 1. The summed E-state index contributed by atoms with van der Waals surface area (Å²) < 4.78 is 0. The molecule has 0 aliphatic carbocycles. The van der Waals surface area contributed by atoms with E-state index in [-0.39, 0.29) is 12.3 Å². The van der Waals surface area contributed by atoms with Gasteiger partial charge in [0.15, 0.2) is 0 Å². The molecule has 1 N–H and O–H groups in total. The molecule has 0 saturated heterocycles. The zero-order valence-corrected chi connectivity index (χ0v) is 8.82. The normalized spacial score (nSPS) is 10.5. The molecule has 0 unspecified atom stereocenters. The van der Waals surface area contributed by atoms with Crippen molar-refractivity contribution >= 4 is 5.91 Å². The lowest BCUT2D eigenvalue weighted by molar-refractivity contribution is -0.121. The molecule has 0 radical (unpaired) electrons. The van der Waals surface area contributed by atoms with Crippen LogP contribution in [0.3, 0.4) is 0 Å². The maximum atomic E-state index is 11.3. The molecule has 1 aromatic rings. The predicted molar refractivity (Wildman–Crippen MR) is 55.6 cm³/mol. The van der Waals surface area contributed by atoms with E-state index in [0.29, 0.717) is 0 Å². The minimum absolute atomic E-state index is 0.117. The Bertz CT molecular complexity index is 379. The van der Waals surface area contributed by atoms with Gasteiger partial charge in [0.2, 0.25) is 5.91 Å². The first-order valence-corrected chi connectivity index (χ1v) is 4.65. The van der Waals surface area contributed by atoms with Crippen molar-refractivity contribution in [2.75, 3.05) is 0 Å². The van der Waals surface area contributed by atoms with Gasteiger partial charge in [-0.2, -0.15) is 5.26 Å². The van der Waals surface area contributed by atoms with Crippen LogP contribution in [0.4, 0.5) is 0 Å². The number of carbonyl (C=O) groups is 1. The topological polar surface area (TPSA) is 65.8 Å². The third-order valence-electron chi connectivity index (χ3n) is 2.09. The first-order valence-electron chi connectivity index (χ1n) is 4.65. The van der Waals surface area contributed by atoms with Gasteiger partial charge in [-0.05, 0) is 31.5 Å². The molecule has 0 aliphatic heterocycles. The molecular weight excluding hydrogens is 190 g/mol. The summed E-state index contributed by atoms with van der Waals surface area (Å²) in [4.78, 5) is 15.2. The molecular formula is C11H13N3O. The van der Waals surface area contributed by atoms with Crippen LogP contribution >= 0.6 is 0 Å². The number of amides is 1. The molecule has 0 aromatic carbocycles. The van der Waals surface area contributed by atoms with Gasteiger partial charge in [0, 0.05) is 12.4 Å². The molecule has 4 heteroatoms. The number of pyridine rings is 1. The van der Waals surface area contributed by atoms with Gasteiger partial charge < -0.3 is 5.32 Å². The Balaban J connectivity index is 2.76. The van der Waals surface area contributed by atoms with Crippen molar-refractivity contribution in [3.8, 4) is 6.07 Å². The Hall–Kier alpha value is -1.89. The standard InChI is InChI=1S/C11H13N3O/c1-11(2,14-10(15)3-6-12)9-4-7-13-8-5-9/h4-5,7-8H,3H2,1-2H3,(H,14,15). The molecule has 0 aliphatic rings. The van der Waals surface area contributed by atoms with E-state index in [1.54, 1.807) is 12.4 Å². The van der Waals surface area contributed by atoms with Gasteiger partial charge in [0.25, 0.3) is 0 Å². The van der Waals surface area contributed by atoms with E-state index in [9.17, 15) is 4.79 Å². The molecule has 1 rings (SSSR count). The van der Waals surface area contributed by atoms with Crippen LogP contribution in [0.15, 0.2) is 24.5 Å². The first-order chi connectivity index (χ1) is 7.06. The lowest BCUT2D eigenvalue weighted by Gasteiger charge is -2.26. The largest absolute Gasteiger partial charge is 0.346 e. The highest BCUT2D eigenvalue weighted by Gasteiger charge is 2.22. The summed E-state index contributed by atoms with van der Waals surface area (Å²) in [5, 5.41) is 11.2. The molecule has 0 fully saturated rings. The fraction of sp³-hybridized carbons (Fsp3) is 0.364. The van der Waals surface area contributed by atoms with Crippen LogP contribution in [0.5, 0.6) is 0 Å². The Morgan fingerprint density at radius 1 is 1.53 bits per heavy atom. The molecule has 4 nitrogen and oxygen atoms in total. The summed E-state index contributed by atoms with van der Waals surface area (Å²) in [7, 11) is 0. The second kappa shape index (κ2) is 4.56. The summed E-state index contributed by atoms with van der Waals surface area (Å²) >= 11 is 0. The molecule has 15 heavy (non-hydrogen) atoms. The lowest BCUT2D eigenvalue weighted by Crippen LogP contribution is -2.40. The monoisotopic (exact) mass is 203 g/mol. The minimum Gasteiger partial charge on any atom is -0.346 e. The van der Waals surface area contributed by atoms with Crippen LogP contribution in [0.1, 0.15) is 25.8 Å². The molecule has 0 bridgehead atoms. The summed E-state index contributed by atoms with van der Waals surface area (Å²) in [6.07, 6.45) is 3.23. The number of aromatic nitrogens is 1. The van der Waals surface area contributed by atoms with Crippen molar-refractivity contribution in [2.24, 2.45) is 0 Å². The van der Waals surface area contributed by atoms with Crippen LogP contribution in [0.2, 0.25) is 0 Å². The number of carbonyl (C=O) groups excluding carboxylic acids is 1. The Kier molecular flexibility index (Phi) is 3.40. The van der Waals surface area contributed by atoms with E-state index in [1.807, 2.05) is 32.0 Å². The minimum atomic E-state index is -0.475. The highest BCUT2D eigenvalue weighted by Crippen LogP contribution is 2.18. The highest BCUT2D eigenvalue weighted by molar-refractivity contribution is 5.78. The molecule has 0 spiro atoms. The average molecular weight is 203 g/mol. The van der Waals surface area contributed by atoms with Crippen LogP contribution in [-0.2, 0) is 10.3 Å². The highest BCUT2D eigenvalue weighted by atomic mass is 16.1. The summed E-state index contributed by atoms with van der Waals surface area (Å²) in [5.74, 6) is -0.265. The molecule has 1 heterocycles. The molecule has 78 valence electrons. The third kappa shape index (κ3) is 3.06. The molecule has 1 aromatic heterocycles. The van der Waals surface area contributed by atoms with Gasteiger partial charge in [0.1, 0.15) is 6.42 Å².